The number of benzene rings is 1. The number of Topliss-reactive ketones (excluding diaryl/α,β-unsaturated/α-hetero) is 1. The van der Waals surface area contributed by atoms with E-state index in [-0.39, 0.29) is 47.3 Å². The molecule has 5 heterocycles. The molecule has 2 amide bonds. The average Bonchev–Trinajstić information content (AvgIpc) is 3.37. The number of piperidine rings is 1. The van der Waals surface area contributed by atoms with Gasteiger partial charge in [-0.3, -0.25) is 19.7 Å². The van der Waals surface area contributed by atoms with Gasteiger partial charge in [-0.2, -0.15) is 0 Å². The van der Waals surface area contributed by atoms with Crippen LogP contribution < -0.4 is 16.0 Å². The lowest BCUT2D eigenvalue weighted by atomic mass is 9.63. The Morgan fingerprint density at radius 3 is 2.74 bits per heavy atom. The van der Waals surface area contributed by atoms with Crippen LogP contribution in [0.5, 0.6) is 0 Å². The lowest BCUT2D eigenvalue weighted by Gasteiger charge is -2.55. The Morgan fingerprint density at radius 1 is 1.24 bits per heavy atom. The summed E-state index contributed by atoms with van der Waals surface area (Å²) in [6.07, 6.45) is -1.56. The number of carbonyl (C=O) groups excluding carboxylic acids is 3. The van der Waals surface area contributed by atoms with Gasteiger partial charge in [0.15, 0.2) is 17.3 Å². The van der Waals surface area contributed by atoms with Crippen LogP contribution in [-0.2, 0) is 25.5 Å². The number of aromatic nitrogens is 3. The molecule has 34 heavy (non-hydrogen) atoms. The fourth-order valence-electron chi connectivity index (χ4n) is 5.63. The highest BCUT2D eigenvalue weighted by Crippen LogP contribution is 2.50. The van der Waals surface area contributed by atoms with Crippen molar-refractivity contribution in [2.24, 2.45) is 5.41 Å². The van der Waals surface area contributed by atoms with Gasteiger partial charge in [0.2, 0.25) is 17.4 Å². The minimum atomic E-state index is -1.66. The molecule has 0 bridgehead atoms. The number of carbonyl (C=O) groups is 3. The Bertz CT molecular complexity index is 1440. The second-order valence-electron chi connectivity index (χ2n) is 8.90. The van der Waals surface area contributed by atoms with Gasteiger partial charge in [-0.25, -0.2) is 14.3 Å². The second-order valence-corrected chi connectivity index (χ2v) is 8.90. The third-order valence-corrected chi connectivity index (χ3v) is 6.82. The van der Waals surface area contributed by atoms with Crippen LogP contribution in [0.25, 0.3) is 22.6 Å². The first kappa shape index (κ1) is 20.7. The van der Waals surface area contributed by atoms with Crippen molar-refractivity contribution in [3.8, 4) is 11.6 Å². The summed E-state index contributed by atoms with van der Waals surface area (Å²) in [6.45, 7) is 3.73. The molecule has 2 aromatic heterocycles. The van der Waals surface area contributed by atoms with Gasteiger partial charge in [-0.05, 0) is 31.9 Å². The van der Waals surface area contributed by atoms with Crippen molar-refractivity contribution in [1.29, 1.82) is 0 Å². The molecule has 1 unspecified atom stereocenters. The number of anilines is 1. The Balaban J connectivity index is 1.61. The quantitative estimate of drug-likeness (QED) is 0.377. The fourth-order valence-corrected chi connectivity index (χ4v) is 5.63. The maximum atomic E-state index is 15.9. The standard InChI is InChI=1S/C21H18FN5O7/c1-7-6-27-15-9(3-10-14(18-24-25-20(31)33-18)26-34-16(10)13(15)22)5-21(17(27)8(2)32-7)11(28)4-12(29)23-19(21)30/h3,7-8,17H,4-6H2,1-2H3,(H,25,31)(H,23,29,30)/t7-,8+,17-,21?/m1/s1. The van der Waals surface area contributed by atoms with Crippen molar-refractivity contribution in [3.63, 3.8) is 0 Å². The highest BCUT2D eigenvalue weighted by Gasteiger charge is 2.62. The van der Waals surface area contributed by atoms with Gasteiger partial charge < -0.3 is 18.6 Å². The van der Waals surface area contributed by atoms with E-state index in [0.29, 0.717) is 5.56 Å². The van der Waals surface area contributed by atoms with Gasteiger partial charge in [-0.15, -0.1) is 5.10 Å². The summed E-state index contributed by atoms with van der Waals surface area (Å²) in [5.74, 6) is -3.70. The lowest BCUT2D eigenvalue weighted by Crippen LogP contribution is -2.72. The van der Waals surface area contributed by atoms with E-state index in [0.717, 1.165) is 0 Å². The maximum Gasteiger partial charge on any atom is 0.434 e. The van der Waals surface area contributed by atoms with Gasteiger partial charge in [0, 0.05) is 6.54 Å². The first-order valence-corrected chi connectivity index (χ1v) is 10.7. The van der Waals surface area contributed by atoms with Crippen LogP contribution in [0.2, 0.25) is 0 Å². The first-order valence-electron chi connectivity index (χ1n) is 10.7. The van der Waals surface area contributed by atoms with Crippen LogP contribution in [0.4, 0.5) is 10.1 Å². The molecule has 2 N–H and O–H groups in total. The summed E-state index contributed by atoms with van der Waals surface area (Å²) in [5, 5.41) is 12.1. The molecule has 12 nitrogen and oxygen atoms in total. The molecular formula is C21H18FN5O7. The van der Waals surface area contributed by atoms with Gasteiger partial charge >= 0.3 is 5.76 Å². The van der Waals surface area contributed by atoms with E-state index in [9.17, 15) is 19.2 Å². The minimum Gasteiger partial charge on any atom is -0.386 e. The monoisotopic (exact) mass is 471 g/mol. The fraction of sp³-hybridized carbons (Fsp3) is 0.429. The van der Waals surface area contributed by atoms with E-state index < -0.39 is 53.2 Å². The number of hydrogen-bond acceptors (Lipinski definition) is 10. The lowest BCUT2D eigenvalue weighted by molar-refractivity contribution is -0.158. The number of hydrogen-bond donors (Lipinski definition) is 2. The van der Waals surface area contributed by atoms with Crippen LogP contribution in [0.15, 0.2) is 19.8 Å². The van der Waals surface area contributed by atoms with Crippen LogP contribution >= 0.6 is 0 Å². The second kappa shape index (κ2) is 6.82. The zero-order chi connectivity index (χ0) is 23.9. The molecule has 0 radical (unpaired) electrons. The molecule has 2 saturated heterocycles. The van der Waals surface area contributed by atoms with Gasteiger partial charge in [-0.1, -0.05) is 5.16 Å². The number of nitrogens with zero attached hydrogens (tertiary/aromatic N) is 3. The Kier molecular flexibility index (Phi) is 4.16. The highest BCUT2D eigenvalue weighted by atomic mass is 19.1. The molecule has 2 fully saturated rings. The molecule has 0 saturated carbocycles. The van der Waals surface area contributed by atoms with E-state index in [4.69, 9.17) is 13.7 Å². The number of fused-ring (bicyclic) bond motifs is 5. The van der Waals surface area contributed by atoms with E-state index in [2.05, 4.69) is 20.7 Å². The summed E-state index contributed by atoms with van der Waals surface area (Å²) in [7, 11) is 0. The number of H-pyrrole nitrogens is 1. The zero-order valence-corrected chi connectivity index (χ0v) is 18.0. The Labute approximate surface area is 189 Å². The summed E-state index contributed by atoms with van der Waals surface area (Å²) >= 11 is 0. The van der Waals surface area contributed by atoms with Gasteiger partial charge in [0.05, 0.1) is 35.7 Å². The smallest absolute Gasteiger partial charge is 0.386 e. The summed E-state index contributed by atoms with van der Waals surface area (Å²) < 4.78 is 32.1. The van der Waals surface area contributed by atoms with E-state index in [1.165, 1.54) is 0 Å². The van der Waals surface area contributed by atoms with Crippen LogP contribution in [0.3, 0.4) is 0 Å². The predicted octanol–water partition coefficient (Wildman–Crippen LogP) is 0.450. The molecule has 4 atom stereocenters. The highest BCUT2D eigenvalue weighted by molar-refractivity contribution is 6.22. The van der Waals surface area contributed by atoms with E-state index in [1.54, 1.807) is 17.9 Å². The summed E-state index contributed by atoms with van der Waals surface area (Å²) in [6, 6.07) is 0.712. The van der Waals surface area contributed by atoms with Gasteiger partial charge in [0.1, 0.15) is 5.41 Å². The number of amides is 2. The molecule has 1 aromatic carbocycles. The van der Waals surface area contributed by atoms with Gasteiger partial charge in [0.25, 0.3) is 5.89 Å². The Hall–Kier alpha value is -3.87. The molecular weight excluding hydrogens is 453 g/mol. The predicted molar refractivity (Wildman–Crippen MR) is 110 cm³/mol. The minimum absolute atomic E-state index is 0.00969. The molecule has 6 rings (SSSR count). The molecule has 1 spiro atoms. The number of nitrogens with one attached hydrogen (secondary N) is 2. The zero-order valence-electron chi connectivity index (χ0n) is 18.0. The third-order valence-electron chi connectivity index (χ3n) is 6.82. The number of imide groups is 1. The first-order chi connectivity index (χ1) is 16.2. The van der Waals surface area contributed by atoms with E-state index >= 15 is 4.39 Å². The van der Waals surface area contributed by atoms with Crippen LogP contribution in [0, 0.1) is 11.2 Å². The number of aromatic amines is 1. The SMILES string of the molecule is C[C@@H]1CN2c3c(cc4c(-c5n[nH]c(=O)o5)noc4c3F)CC3(C(=O)CC(=O)NC3=O)[C@H]2[C@H](C)O1. The number of ether oxygens (including phenoxy) is 1. The summed E-state index contributed by atoms with van der Waals surface area (Å²) in [4.78, 5) is 51.6. The third kappa shape index (κ3) is 2.61. The molecule has 0 aliphatic carbocycles. The van der Waals surface area contributed by atoms with Crippen molar-refractivity contribution in [2.45, 2.75) is 44.9 Å². The molecule has 3 aliphatic rings. The summed E-state index contributed by atoms with van der Waals surface area (Å²) in [5.41, 5.74) is -1.33. The average molecular weight is 471 g/mol. The topological polar surface area (TPSA) is 161 Å². The van der Waals surface area contributed by atoms with E-state index in [1.807, 2.05) is 6.92 Å². The molecule has 13 heteroatoms. The largest absolute Gasteiger partial charge is 0.434 e. The molecule has 3 aromatic rings. The van der Waals surface area contributed by atoms with Crippen molar-refractivity contribution >= 4 is 34.3 Å². The number of morpholine rings is 1. The Morgan fingerprint density at radius 2 is 2.03 bits per heavy atom. The molecule has 176 valence electrons. The number of ketones is 1. The van der Waals surface area contributed by atoms with Crippen molar-refractivity contribution in [1.82, 2.24) is 20.7 Å². The number of halogens is 1. The normalized spacial score (nSPS) is 28.9. The maximum absolute atomic E-state index is 15.9. The van der Waals surface area contributed by atoms with Crippen LogP contribution in [0.1, 0.15) is 25.8 Å². The van der Waals surface area contributed by atoms with Crippen molar-refractivity contribution in [2.75, 3.05) is 11.4 Å². The number of rotatable bonds is 1. The van der Waals surface area contributed by atoms with Crippen molar-refractivity contribution in [3.05, 3.63) is 28.0 Å². The van der Waals surface area contributed by atoms with Crippen molar-refractivity contribution < 1.29 is 32.5 Å². The molecule has 3 aliphatic heterocycles. The van der Waals surface area contributed by atoms with Crippen LogP contribution in [-0.4, -0.2) is 57.7 Å².